The van der Waals surface area contributed by atoms with Crippen molar-refractivity contribution < 1.29 is 19.4 Å². The molecule has 2 aromatic carbocycles. The number of benzene rings is 2. The van der Waals surface area contributed by atoms with E-state index in [4.69, 9.17) is 9.47 Å². The maximum Gasteiger partial charge on any atom is 0.347 e. The molecule has 0 amide bonds. The summed E-state index contributed by atoms with van der Waals surface area (Å²) in [5, 5.41) is 9.20. The molecule has 0 unspecified atom stereocenters. The number of aliphatic hydroxyl groups excluding tert-OH is 1. The molecule has 1 atom stereocenters. The van der Waals surface area contributed by atoms with Crippen molar-refractivity contribution in [3.63, 3.8) is 0 Å². The summed E-state index contributed by atoms with van der Waals surface area (Å²) < 4.78 is 10.9. The van der Waals surface area contributed by atoms with Gasteiger partial charge in [-0.15, -0.1) is 0 Å². The van der Waals surface area contributed by atoms with Crippen LogP contribution in [-0.4, -0.2) is 23.8 Å². The third-order valence-corrected chi connectivity index (χ3v) is 3.23. The van der Waals surface area contributed by atoms with Crippen molar-refractivity contribution in [3.8, 4) is 5.75 Å². The highest BCUT2D eigenvalue weighted by atomic mass is 16.6. The summed E-state index contributed by atoms with van der Waals surface area (Å²) in [5.74, 6) is 0.0798. The molecule has 0 aliphatic carbocycles. The second-order valence-electron chi connectivity index (χ2n) is 5.02. The van der Waals surface area contributed by atoms with Crippen molar-refractivity contribution in [1.29, 1.82) is 0 Å². The number of carbonyl (C=O) groups is 1. The van der Waals surface area contributed by atoms with E-state index < -0.39 is 12.1 Å². The Kier molecular flexibility index (Phi) is 6.39. The first-order valence-electron chi connectivity index (χ1n) is 7.41. The van der Waals surface area contributed by atoms with Crippen LogP contribution in [0.1, 0.15) is 11.1 Å². The van der Waals surface area contributed by atoms with Gasteiger partial charge in [-0.25, -0.2) is 4.79 Å². The van der Waals surface area contributed by atoms with Gasteiger partial charge in [0.25, 0.3) is 0 Å². The lowest BCUT2D eigenvalue weighted by Gasteiger charge is -2.18. The van der Waals surface area contributed by atoms with Crippen molar-refractivity contribution in [2.24, 2.45) is 0 Å². The van der Waals surface area contributed by atoms with Crippen LogP contribution in [-0.2, 0) is 22.6 Å². The monoisotopic (exact) mass is 312 g/mol. The van der Waals surface area contributed by atoms with Gasteiger partial charge in [0.05, 0.1) is 6.61 Å². The van der Waals surface area contributed by atoms with E-state index >= 15 is 0 Å². The zero-order chi connectivity index (χ0) is 16.5. The largest absolute Gasteiger partial charge is 0.478 e. The highest BCUT2D eigenvalue weighted by Crippen LogP contribution is 2.17. The molecule has 2 aromatic rings. The Morgan fingerprint density at radius 1 is 1.13 bits per heavy atom. The Morgan fingerprint density at radius 2 is 1.87 bits per heavy atom. The summed E-state index contributed by atoms with van der Waals surface area (Å²) in [4.78, 5) is 12.2. The Hall–Kier alpha value is -2.59. The molecule has 0 radical (unpaired) electrons. The summed E-state index contributed by atoms with van der Waals surface area (Å²) in [6, 6.07) is 16.6. The maximum absolute atomic E-state index is 12.2. The molecular weight excluding hydrogens is 292 g/mol. The van der Waals surface area contributed by atoms with Gasteiger partial charge in [-0.3, -0.25) is 0 Å². The second-order valence-corrected chi connectivity index (χ2v) is 5.02. The van der Waals surface area contributed by atoms with Crippen LogP contribution in [0.2, 0.25) is 0 Å². The molecule has 0 aromatic heterocycles. The Morgan fingerprint density at radius 3 is 2.57 bits per heavy atom. The van der Waals surface area contributed by atoms with Gasteiger partial charge in [0.1, 0.15) is 12.4 Å². The van der Waals surface area contributed by atoms with Crippen molar-refractivity contribution >= 4 is 5.97 Å². The lowest BCUT2D eigenvalue weighted by atomic mass is 10.1. The fraction of sp³-hybridized carbons (Fsp3) is 0.211. The van der Waals surface area contributed by atoms with E-state index in [0.717, 1.165) is 11.1 Å². The number of hydrogen-bond donors (Lipinski definition) is 1. The molecule has 0 aliphatic rings. The number of ether oxygens (including phenoxy) is 2. The topological polar surface area (TPSA) is 55.8 Å². The summed E-state index contributed by atoms with van der Waals surface area (Å²) in [6.07, 6.45) is 1.16. The number of aliphatic hydroxyl groups is 1. The van der Waals surface area contributed by atoms with Crippen molar-refractivity contribution in [1.82, 2.24) is 0 Å². The van der Waals surface area contributed by atoms with E-state index in [1.54, 1.807) is 24.3 Å². The SMILES string of the molecule is C=CCOC(=O)[C@H](Cc1ccccc1)Oc1cccc(CO)c1. The van der Waals surface area contributed by atoms with E-state index in [1.807, 2.05) is 30.3 Å². The summed E-state index contributed by atoms with van der Waals surface area (Å²) in [5.41, 5.74) is 1.70. The first-order chi connectivity index (χ1) is 11.2. The van der Waals surface area contributed by atoms with Crippen LogP contribution >= 0.6 is 0 Å². The van der Waals surface area contributed by atoms with Gasteiger partial charge in [-0.05, 0) is 23.3 Å². The Balaban J connectivity index is 2.14. The maximum atomic E-state index is 12.2. The molecular formula is C19H20O4. The van der Waals surface area contributed by atoms with Gasteiger partial charge >= 0.3 is 5.97 Å². The highest BCUT2D eigenvalue weighted by Gasteiger charge is 2.22. The van der Waals surface area contributed by atoms with Gasteiger partial charge in [-0.2, -0.15) is 0 Å². The minimum Gasteiger partial charge on any atom is -0.478 e. The Bertz CT molecular complexity index is 637. The average molecular weight is 312 g/mol. The summed E-state index contributed by atoms with van der Waals surface area (Å²) in [7, 11) is 0. The first kappa shape index (κ1) is 16.8. The predicted octanol–water partition coefficient (Wildman–Crippen LogP) is 2.90. The van der Waals surface area contributed by atoms with Gasteiger partial charge in [0.15, 0.2) is 6.10 Å². The fourth-order valence-electron chi connectivity index (χ4n) is 2.12. The van der Waals surface area contributed by atoms with Crippen LogP contribution in [0.15, 0.2) is 67.3 Å². The molecule has 0 fully saturated rings. The molecule has 0 aliphatic heterocycles. The lowest BCUT2D eigenvalue weighted by molar-refractivity contribution is -0.150. The summed E-state index contributed by atoms with van der Waals surface area (Å²) in [6.45, 7) is 3.60. The third-order valence-electron chi connectivity index (χ3n) is 3.23. The van der Waals surface area contributed by atoms with Gasteiger partial charge < -0.3 is 14.6 Å². The molecule has 0 bridgehead atoms. The molecule has 0 saturated heterocycles. The Labute approximate surface area is 136 Å². The predicted molar refractivity (Wildman–Crippen MR) is 88.1 cm³/mol. The van der Waals surface area contributed by atoms with Crippen molar-refractivity contribution in [2.45, 2.75) is 19.1 Å². The zero-order valence-electron chi connectivity index (χ0n) is 12.9. The van der Waals surface area contributed by atoms with Crippen LogP contribution in [0.4, 0.5) is 0 Å². The number of carbonyl (C=O) groups excluding carboxylic acids is 1. The van der Waals surface area contributed by atoms with E-state index in [1.165, 1.54) is 6.08 Å². The van der Waals surface area contributed by atoms with Crippen molar-refractivity contribution in [2.75, 3.05) is 6.61 Å². The van der Waals surface area contributed by atoms with Crippen LogP contribution < -0.4 is 4.74 Å². The van der Waals surface area contributed by atoms with Crippen LogP contribution in [0.25, 0.3) is 0 Å². The smallest absolute Gasteiger partial charge is 0.347 e. The van der Waals surface area contributed by atoms with E-state index in [-0.39, 0.29) is 13.2 Å². The van der Waals surface area contributed by atoms with E-state index in [9.17, 15) is 9.90 Å². The molecule has 0 saturated carbocycles. The number of hydrogen-bond acceptors (Lipinski definition) is 4. The highest BCUT2D eigenvalue weighted by molar-refractivity contribution is 5.75. The first-order valence-corrected chi connectivity index (χ1v) is 7.41. The fourth-order valence-corrected chi connectivity index (χ4v) is 2.12. The molecule has 0 spiro atoms. The minimum absolute atomic E-state index is 0.0819. The second kappa shape index (κ2) is 8.76. The van der Waals surface area contributed by atoms with E-state index in [0.29, 0.717) is 12.2 Å². The molecule has 120 valence electrons. The molecule has 0 heterocycles. The normalized spacial score (nSPS) is 11.5. The minimum atomic E-state index is -0.758. The molecule has 2 rings (SSSR count). The van der Waals surface area contributed by atoms with Gasteiger partial charge in [-0.1, -0.05) is 55.1 Å². The lowest BCUT2D eigenvalue weighted by Crippen LogP contribution is -2.31. The molecule has 1 N–H and O–H groups in total. The third kappa shape index (κ3) is 5.27. The van der Waals surface area contributed by atoms with Crippen molar-refractivity contribution in [3.05, 3.63) is 78.4 Å². The number of esters is 1. The van der Waals surface area contributed by atoms with Crippen LogP contribution in [0.3, 0.4) is 0 Å². The van der Waals surface area contributed by atoms with E-state index in [2.05, 4.69) is 6.58 Å². The summed E-state index contributed by atoms with van der Waals surface area (Å²) >= 11 is 0. The standard InChI is InChI=1S/C19H20O4/c1-2-11-22-19(21)18(13-15-7-4-3-5-8-15)23-17-10-6-9-16(12-17)14-20/h2-10,12,18,20H,1,11,13-14H2/t18-/m0/s1. The molecule has 4 heteroatoms. The average Bonchev–Trinajstić information content (AvgIpc) is 2.60. The molecule has 4 nitrogen and oxygen atoms in total. The zero-order valence-corrected chi connectivity index (χ0v) is 12.9. The molecule has 23 heavy (non-hydrogen) atoms. The van der Waals surface area contributed by atoms with Crippen LogP contribution in [0.5, 0.6) is 5.75 Å². The van der Waals surface area contributed by atoms with Gasteiger partial charge in [0.2, 0.25) is 0 Å². The number of rotatable bonds is 8. The quantitative estimate of drug-likeness (QED) is 0.601. The van der Waals surface area contributed by atoms with Crippen LogP contribution in [0, 0.1) is 0 Å². The van der Waals surface area contributed by atoms with Gasteiger partial charge in [0, 0.05) is 6.42 Å².